The Balaban J connectivity index is 1.53. The number of benzene rings is 1. The molecule has 0 radical (unpaired) electrons. The third-order valence-electron chi connectivity index (χ3n) is 4.64. The number of nitrogens with one attached hydrogen (secondary N) is 2. The molecule has 146 valence electrons. The number of carbonyl (C=O) groups excluding carboxylic acids is 1. The molecule has 1 aliphatic rings. The van der Waals surface area contributed by atoms with Gasteiger partial charge in [0.15, 0.2) is 6.54 Å². The van der Waals surface area contributed by atoms with E-state index in [1.807, 2.05) is 13.0 Å². The van der Waals surface area contributed by atoms with E-state index in [0.717, 1.165) is 4.90 Å². The summed E-state index contributed by atoms with van der Waals surface area (Å²) in [7, 11) is -3.62. The summed E-state index contributed by atoms with van der Waals surface area (Å²) in [4.78, 5) is 13.4. The average Bonchev–Trinajstić information content (AvgIpc) is 3.17. The van der Waals surface area contributed by atoms with E-state index in [0.29, 0.717) is 38.5 Å². The van der Waals surface area contributed by atoms with Crippen molar-refractivity contribution in [3.63, 3.8) is 0 Å². The fourth-order valence-electron chi connectivity index (χ4n) is 3.14. The van der Waals surface area contributed by atoms with Crippen LogP contribution >= 0.6 is 11.6 Å². The number of furan rings is 1. The number of quaternary nitrogens is 1. The first-order valence-corrected chi connectivity index (χ1v) is 10.6. The SMILES string of the molecule is C[C@@H](NC(=O)C[NH+]1CCN(S(=O)(=O)c2ccccc2Cl)CC1)c1ccco1. The predicted octanol–water partition coefficient (Wildman–Crippen LogP) is 0.700. The van der Waals surface area contributed by atoms with Crippen molar-refractivity contribution < 1.29 is 22.5 Å². The molecule has 1 saturated heterocycles. The van der Waals surface area contributed by atoms with Crippen LogP contribution < -0.4 is 10.2 Å². The summed E-state index contributed by atoms with van der Waals surface area (Å²) in [5.74, 6) is 0.616. The van der Waals surface area contributed by atoms with Crippen molar-refractivity contribution in [1.82, 2.24) is 9.62 Å². The zero-order chi connectivity index (χ0) is 19.4. The molecule has 7 nitrogen and oxygen atoms in total. The van der Waals surface area contributed by atoms with Gasteiger partial charge in [0, 0.05) is 0 Å². The number of carbonyl (C=O) groups is 1. The summed E-state index contributed by atoms with van der Waals surface area (Å²) in [5, 5.41) is 3.12. The van der Waals surface area contributed by atoms with Crippen LogP contribution in [0.25, 0.3) is 0 Å². The van der Waals surface area contributed by atoms with Crippen molar-refractivity contribution in [2.45, 2.75) is 17.9 Å². The maximum absolute atomic E-state index is 12.8. The van der Waals surface area contributed by atoms with Crippen LogP contribution in [-0.2, 0) is 14.8 Å². The monoisotopic (exact) mass is 412 g/mol. The number of hydrogen-bond donors (Lipinski definition) is 2. The molecule has 0 saturated carbocycles. The Kier molecular flexibility index (Phi) is 6.21. The highest BCUT2D eigenvalue weighted by molar-refractivity contribution is 7.89. The van der Waals surface area contributed by atoms with Gasteiger partial charge in [0.1, 0.15) is 10.7 Å². The number of hydrogen-bond acceptors (Lipinski definition) is 4. The zero-order valence-corrected chi connectivity index (χ0v) is 16.6. The number of sulfonamides is 1. The van der Waals surface area contributed by atoms with Crippen LogP contribution in [0.4, 0.5) is 0 Å². The highest BCUT2D eigenvalue weighted by Crippen LogP contribution is 2.24. The molecular formula is C18H23ClN3O4S+. The molecule has 2 aromatic rings. The molecular weight excluding hydrogens is 390 g/mol. The van der Waals surface area contributed by atoms with Gasteiger partial charge in [-0.2, -0.15) is 4.31 Å². The van der Waals surface area contributed by atoms with E-state index in [-0.39, 0.29) is 21.9 Å². The minimum Gasteiger partial charge on any atom is -0.467 e. The largest absolute Gasteiger partial charge is 0.467 e. The molecule has 0 aliphatic carbocycles. The lowest BCUT2D eigenvalue weighted by atomic mass is 10.2. The van der Waals surface area contributed by atoms with Crippen molar-refractivity contribution in [2.24, 2.45) is 0 Å². The normalized spacial score (nSPS) is 17.6. The van der Waals surface area contributed by atoms with Gasteiger partial charge in [-0.05, 0) is 31.2 Å². The van der Waals surface area contributed by atoms with Crippen molar-refractivity contribution in [1.29, 1.82) is 0 Å². The Morgan fingerprint density at radius 2 is 1.96 bits per heavy atom. The van der Waals surface area contributed by atoms with Gasteiger partial charge in [-0.1, -0.05) is 23.7 Å². The minimum atomic E-state index is -3.62. The maximum atomic E-state index is 12.8. The second kappa shape index (κ2) is 8.43. The number of halogens is 1. The first-order valence-electron chi connectivity index (χ1n) is 8.79. The number of piperazine rings is 1. The molecule has 1 aliphatic heterocycles. The fourth-order valence-corrected chi connectivity index (χ4v) is 5.08. The Labute approximate surface area is 163 Å². The van der Waals surface area contributed by atoms with Crippen LogP contribution in [0.3, 0.4) is 0 Å². The van der Waals surface area contributed by atoms with Gasteiger partial charge < -0.3 is 14.6 Å². The Bertz CT molecular complexity index is 878. The van der Waals surface area contributed by atoms with Crippen molar-refractivity contribution >= 4 is 27.5 Å². The van der Waals surface area contributed by atoms with Crippen LogP contribution in [0, 0.1) is 0 Å². The molecule has 9 heteroatoms. The van der Waals surface area contributed by atoms with Gasteiger partial charge in [-0.3, -0.25) is 4.79 Å². The lowest BCUT2D eigenvalue weighted by molar-refractivity contribution is -0.895. The summed E-state index contributed by atoms with van der Waals surface area (Å²) >= 11 is 6.04. The molecule has 1 aromatic carbocycles. The van der Waals surface area contributed by atoms with Gasteiger partial charge >= 0.3 is 0 Å². The van der Waals surface area contributed by atoms with E-state index < -0.39 is 10.0 Å². The Morgan fingerprint density at radius 3 is 2.59 bits per heavy atom. The second-order valence-electron chi connectivity index (χ2n) is 6.57. The van der Waals surface area contributed by atoms with Crippen molar-refractivity contribution in [2.75, 3.05) is 32.7 Å². The molecule has 1 aromatic heterocycles. The molecule has 1 amide bonds. The lowest BCUT2D eigenvalue weighted by Crippen LogP contribution is -3.15. The maximum Gasteiger partial charge on any atom is 0.275 e. The lowest BCUT2D eigenvalue weighted by Gasteiger charge is -2.31. The summed E-state index contributed by atoms with van der Waals surface area (Å²) in [5.41, 5.74) is 0. The molecule has 2 N–H and O–H groups in total. The van der Waals surface area contributed by atoms with Crippen LogP contribution in [-0.4, -0.2) is 51.4 Å². The van der Waals surface area contributed by atoms with E-state index in [2.05, 4.69) is 5.32 Å². The van der Waals surface area contributed by atoms with Crippen molar-refractivity contribution in [3.8, 4) is 0 Å². The van der Waals surface area contributed by atoms with Crippen LogP contribution in [0.15, 0.2) is 52.0 Å². The summed E-state index contributed by atoms with van der Waals surface area (Å²) in [6.07, 6.45) is 1.57. The van der Waals surface area contributed by atoms with Gasteiger partial charge in [-0.15, -0.1) is 0 Å². The highest BCUT2D eigenvalue weighted by atomic mass is 35.5. The zero-order valence-electron chi connectivity index (χ0n) is 15.0. The van der Waals surface area contributed by atoms with Crippen LogP contribution in [0.1, 0.15) is 18.7 Å². The first-order chi connectivity index (χ1) is 12.9. The van der Waals surface area contributed by atoms with E-state index in [1.54, 1.807) is 30.5 Å². The quantitative estimate of drug-likeness (QED) is 0.731. The molecule has 1 fully saturated rings. The Hall–Kier alpha value is -1.87. The molecule has 3 rings (SSSR count). The summed E-state index contributed by atoms with van der Waals surface area (Å²) in [6.45, 7) is 3.98. The summed E-state index contributed by atoms with van der Waals surface area (Å²) < 4.78 is 32.2. The van der Waals surface area contributed by atoms with E-state index in [4.69, 9.17) is 16.0 Å². The highest BCUT2D eigenvalue weighted by Gasteiger charge is 2.32. The standard InChI is InChI=1S/C18H22ClN3O4S/c1-14(16-6-4-12-26-16)20-18(23)13-21-8-10-22(11-9-21)27(24,25)17-7-3-2-5-15(17)19/h2-7,12,14H,8-11,13H2,1H3,(H,20,23)/p+1/t14-/m1/s1. The fraction of sp³-hybridized carbons (Fsp3) is 0.389. The van der Waals surface area contributed by atoms with Crippen LogP contribution in [0.2, 0.25) is 5.02 Å². The predicted molar refractivity (Wildman–Crippen MR) is 101 cm³/mol. The third kappa shape index (κ3) is 4.70. The number of rotatable bonds is 6. The molecule has 27 heavy (non-hydrogen) atoms. The van der Waals surface area contributed by atoms with E-state index in [1.165, 1.54) is 10.4 Å². The van der Waals surface area contributed by atoms with Gasteiger partial charge in [0.25, 0.3) is 5.91 Å². The van der Waals surface area contributed by atoms with E-state index >= 15 is 0 Å². The topological polar surface area (TPSA) is 84.1 Å². The molecule has 0 spiro atoms. The molecule has 0 bridgehead atoms. The Morgan fingerprint density at radius 1 is 1.26 bits per heavy atom. The van der Waals surface area contributed by atoms with E-state index in [9.17, 15) is 13.2 Å². The van der Waals surface area contributed by atoms with Crippen molar-refractivity contribution in [3.05, 3.63) is 53.4 Å². The van der Waals surface area contributed by atoms with Gasteiger partial charge in [-0.25, -0.2) is 8.42 Å². The van der Waals surface area contributed by atoms with Crippen LogP contribution in [0.5, 0.6) is 0 Å². The average molecular weight is 413 g/mol. The minimum absolute atomic E-state index is 0.0867. The molecule has 2 heterocycles. The molecule has 1 atom stereocenters. The number of amides is 1. The molecule has 0 unspecified atom stereocenters. The number of nitrogens with zero attached hydrogens (tertiary/aromatic N) is 1. The second-order valence-corrected chi connectivity index (χ2v) is 8.88. The van der Waals surface area contributed by atoms with Gasteiger partial charge in [0.05, 0.1) is 43.5 Å². The summed E-state index contributed by atoms with van der Waals surface area (Å²) in [6, 6.07) is 9.84. The van der Waals surface area contributed by atoms with Gasteiger partial charge in [0.2, 0.25) is 10.0 Å². The third-order valence-corrected chi connectivity index (χ3v) is 7.04. The smallest absolute Gasteiger partial charge is 0.275 e. The first kappa shape index (κ1) is 19.9.